The molecule has 1 aromatic heterocycles. The van der Waals surface area contributed by atoms with E-state index in [1.54, 1.807) is 0 Å². The number of aliphatic hydroxyl groups excluding tert-OH is 1. The molecule has 1 aliphatic rings. The zero-order valence-corrected chi connectivity index (χ0v) is 9.68. The van der Waals surface area contributed by atoms with Crippen LogP contribution in [0.2, 0.25) is 0 Å². The average molecular weight is 272 g/mol. The first kappa shape index (κ1) is 13.3. The molecular formula is C10H12N2O7. The summed E-state index contributed by atoms with van der Waals surface area (Å²) in [6.45, 7) is -0.438. The van der Waals surface area contributed by atoms with Gasteiger partial charge in [-0.3, -0.25) is 14.3 Å². The first-order valence-corrected chi connectivity index (χ1v) is 5.48. The molecule has 0 radical (unpaired) electrons. The van der Waals surface area contributed by atoms with Gasteiger partial charge in [-0.1, -0.05) is 0 Å². The van der Waals surface area contributed by atoms with Gasteiger partial charge in [-0.2, -0.15) is 0 Å². The maximum atomic E-state index is 11.6. The molecule has 104 valence electrons. The zero-order chi connectivity index (χ0) is 14.0. The van der Waals surface area contributed by atoms with Gasteiger partial charge < -0.3 is 19.7 Å². The van der Waals surface area contributed by atoms with E-state index in [1.807, 2.05) is 0 Å². The summed E-state index contributed by atoms with van der Waals surface area (Å²) in [4.78, 5) is 35.0. The minimum absolute atomic E-state index is 0.0729. The number of H-pyrrole nitrogens is 1. The van der Waals surface area contributed by atoms with Gasteiger partial charge in [0.1, 0.15) is 18.4 Å². The molecule has 2 rings (SSSR count). The van der Waals surface area contributed by atoms with Gasteiger partial charge in [0.2, 0.25) is 0 Å². The number of nitrogens with zero attached hydrogens (tertiary/aromatic N) is 1. The summed E-state index contributed by atoms with van der Waals surface area (Å²) in [6.07, 6.45) is -2.69. The van der Waals surface area contributed by atoms with Gasteiger partial charge in [0.25, 0.3) is 5.56 Å². The fraction of sp³-hybridized carbons (Fsp3) is 0.500. The van der Waals surface area contributed by atoms with Crippen molar-refractivity contribution in [1.82, 2.24) is 9.55 Å². The highest BCUT2D eigenvalue weighted by Crippen LogP contribution is 2.29. The van der Waals surface area contributed by atoms with Crippen LogP contribution in [0.4, 0.5) is 4.79 Å². The highest BCUT2D eigenvalue weighted by molar-refractivity contribution is 5.57. The molecule has 3 N–H and O–H groups in total. The second kappa shape index (κ2) is 5.24. The minimum atomic E-state index is -1.48. The van der Waals surface area contributed by atoms with Crippen molar-refractivity contribution in [3.63, 3.8) is 0 Å². The van der Waals surface area contributed by atoms with Crippen LogP contribution >= 0.6 is 0 Å². The Morgan fingerprint density at radius 3 is 2.89 bits per heavy atom. The molecule has 9 heteroatoms. The van der Waals surface area contributed by atoms with Crippen molar-refractivity contribution in [3.8, 4) is 0 Å². The molecule has 3 atom stereocenters. The van der Waals surface area contributed by atoms with Crippen LogP contribution in [0.25, 0.3) is 0 Å². The van der Waals surface area contributed by atoms with Gasteiger partial charge in [0.05, 0.1) is 6.61 Å². The predicted molar refractivity (Wildman–Crippen MR) is 59.8 cm³/mol. The Bertz CT molecular complexity index is 578. The SMILES string of the molecule is O=C(O)O[C@H]1C[C@H](n2ccc(=O)[nH]c2=O)O[C@@H]1CO. The van der Waals surface area contributed by atoms with Crippen molar-refractivity contribution in [2.24, 2.45) is 0 Å². The maximum Gasteiger partial charge on any atom is 0.506 e. The lowest BCUT2D eigenvalue weighted by Crippen LogP contribution is -2.31. The summed E-state index contributed by atoms with van der Waals surface area (Å²) in [5.74, 6) is 0. The van der Waals surface area contributed by atoms with E-state index in [0.29, 0.717) is 0 Å². The Labute approximate surface area is 106 Å². The number of aromatic nitrogens is 2. The molecule has 2 heterocycles. The van der Waals surface area contributed by atoms with Crippen molar-refractivity contribution in [1.29, 1.82) is 0 Å². The van der Waals surface area contributed by atoms with Crippen LogP contribution in [0.1, 0.15) is 12.6 Å². The average Bonchev–Trinajstić information content (AvgIpc) is 2.71. The lowest BCUT2D eigenvalue weighted by molar-refractivity contribution is -0.0536. The fourth-order valence-corrected chi connectivity index (χ4v) is 1.94. The van der Waals surface area contributed by atoms with E-state index in [4.69, 9.17) is 14.9 Å². The minimum Gasteiger partial charge on any atom is -0.450 e. The van der Waals surface area contributed by atoms with Crippen molar-refractivity contribution in [2.45, 2.75) is 24.9 Å². The van der Waals surface area contributed by atoms with Gasteiger partial charge in [-0.05, 0) is 0 Å². The summed E-state index contributed by atoms with van der Waals surface area (Å²) < 4.78 is 11.0. The zero-order valence-electron chi connectivity index (χ0n) is 9.68. The molecule has 0 unspecified atom stereocenters. The number of hydrogen-bond acceptors (Lipinski definition) is 6. The topological polar surface area (TPSA) is 131 Å². The Balaban J connectivity index is 2.21. The molecule has 1 aliphatic heterocycles. The number of nitrogens with one attached hydrogen (secondary N) is 1. The number of carboxylic acid groups (broad SMARTS) is 1. The largest absolute Gasteiger partial charge is 0.506 e. The van der Waals surface area contributed by atoms with E-state index >= 15 is 0 Å². The lowest BCUT2D eigenvalue weighted by Gasteiger charge is -2.14. The van der Waals surface area contributed by atoms with Crippen molar-refractivity contribution >= 4 is 6.16 Å². The van der Waals surface area contributed by atoms with E-state index in [2.05, 4.69) is 9.72 Å². The molecular weight excluding hydrogens is 260 g/mol. The second-order valence-corrected chi connectivity index (χ2v) is 3.99. The predicted octanol–water partition coefficient (Wildman–Crippen LogP) is -1.12. The van der Waals surface area contributed by atoms with Crippen molar-refractivity contribution in [2.75, 3.05) is 6.61 Å². The molecule has 0 aliphatic carbocycles. The Kier molecular flexibility index (Phi) is 3.67. The number of aliphatic hydroxyl groups is 1. The molecule has 1 fully saturated rings. The fourth-order valence-electron chi connectivity index (χ4n) is 1.94. The van der Waals surface area contributed by atoms with Crippen LogP contribution in [0.3, 0.4) is 0 Å². The molecule has 1 aromatic rings. The highest BCUT2D eigenvalue weighted by atomic mass is 16.7. The van der Waals surface area contributed by atoms with Gasteiger partial charge in [0.15, 0.2) is 0 Å². The summed E-state index contributed by atoms with van der Waals surface area (Å²) >= 11 is 0. The Morgan fingerprint density at radius 2 is 2.32 bits per heavy atom. The number of ether oxygens (including phenoxy) is 2. The van der Waals surface area contributed by atoms with Crippen LogP contribution < -0.4 is 11.2 Å². The van der Waals surface area contributed by atoms with Crippen molar-refractivity contribution in [3.05, 3.63) is 33.1 Å². The van der Waals surface area contributed by atoms with Crippen molar-refractivity contribution < 1.29 is 24.5 Å². The molecule has 0 spiro atoms. The normalized spacial score (nSPS) is 26.3. The molecule has 0 amide bonds. The number of aromatic amines is 1. The first-order valence-electron chi connectivity index (χ1n) is 5.48. The van der Waals surface area contributed by atoms with Gasteiger partial charge in [-0.25, -0.2) is 9.59 Å². The van der Waals surface area contributed by atoms with Crippen LogP contribution in [0.15, 0.2) is 21.9 Å². The summed E-state index contributed by atoms with van der Waals surface area (Å²) in [6, 6.07) is 1.14. The third-order valence-electron chi connectivity index (χ3n) is 2.77. The van der Waals surface area contributed by atoms with E-state index in [1.165, 1.54) is 6.20 Å². The van der Waals surface area contributed by atoms with E-state index in [9.17, 15) is 14.4 Å². The Morgan fingerprint density at radius 1 is 1.58 bits per heavy atom. The summed E-state index contributed by atoms with van der Waals surface area (Å²) in [5, 5.41) is 17.6. The van der Waals surface area contributed by atoms with Crippen LogP contribution in [0, 0.1) is 0 Å². The molecule has 1 saturated heterocycles. The second-order valence-electron chi connectivity index (χ2n) is 3.99. The molecule has 19 heavy (non-hydrogen) atoms. The van der Waals surface area contributed by atoms with Crippen LogP contribution in [-0.2, 0) is 9.47 Å². The van der Waals surface area contributed by atoms with Crippen LogP contribution in [0.5, 0.6) is 0 Å². The van der Waals surface area contributed by atoms with Crippen LogP contribution in [-0.4, -0.2) is 44.7 Å². The third-order valence-corrected chi connectivity index (χ3v) is 2.77. The number of rotatable bonds is 3. The molecule has 0 aromatic carbocycles. The summed E-state index contributed by atoms with van der Waals surface area (Å²) in [5.41, 5.74) is -1.22. The van der Waals surface area contributed by atoms with E-state index in [0.717, 1.165) is 10.6 Å². The summed E-state index contributed by atoms with van der Waals surface area (Å²) in [7, 11) is 0. The standard InChI is InChI=1S/C10H12N2O7/c13-4-6-5(19-10(16)17)3-8(18-6)12-2-1-7(14)11-9(12)15/h1-2,5-6,8,13H,3-4H2,(H,16,17)(H,11,14,15)/t5-,6+,8+/m0/s1. The maximum absolute atomic E-state index is 11.6. The molecule has 0 bridgehead atoms. The van der Waals surface area contributed by atoms with Gasteiger partial charge in [-0.15, -0.1) is 0 Å². The quantitative estimate of drug-likeness (QED) is 0.594. The molecule has 0 saturated carbocycles. The Hall–Kier alpha value is -2.13. The third kappa shape index (κ3) is 2.83. The van der Waals surface area contributed by atoms with Gasteiger partial charge in [0, 0.05) is 18.7 Å². The van der Waals surface area contributed by atoms with E-state index < -0.39 is 42.4 Å². The number of carbonyl (C=O) groups is 1. The highest BCUT2D eigenvalue weighted by Gasteiger charge is 2.38. The number of hydrogen-bond donors (Lipinski definition) is 3. The first-order chi connectivity index (χ1) is 9.01. The van der Waals surface area contributed by atoms with Gasteiger partial charge >= 0.3 is 11.8 Å². The smallest absolute Gasteiger partial charge is 0.450 e. The van der Waals surface area contributed by atoms with E-state index in [-0.39, 0.29) is 6.42 Å². The monoisotopic (exact) mass is 272 g/mol. The lowest BCUT2D eigenvalue weighted by atomic mass is 10.2. The molecule has 9 nitrogen and oxygen atoms in total.